The molecule has 0 saturated carbocycles. The number of fused-ring (bicyclic) bond motifs is 1. The van der Waals surface area contributed by atoms with Gasteiger partial charge in [-0.15, -0.1) is 5.69 Å². The Bertz CT molecular complexity index is 396. The van der Waals surface area contributed by atoms with Crippen LogP contribution in [0, 0.1) is 0 Å². The van der Waals surface area contributed by atoms with Gasteiger partial charge in [0.05, 0.1) is 0 Å². The van der Waals surface area contributed by atoms with E-state index in [2.05, 4.69) is 6.07 Å². The van der Waals surface area contributed by atoms with Gasteiger partial charge in [0.2, 0.25) is 0 Å². The normalized spacial score (nSPS) is 7.47. The minimum atomic E-state index is 0. The van der Waals surface area contributed by atoms with Crippen LogP contribution in [0.25, 0.3) is 16.5 Å². The molecule has 0 aromatic heterocycles. The molecule has 0 amide bonds. The molecule has 1 nitrogen and oxygen atoms in total. The molecule has 0 aliphatic heterocycles. The molecule has 2 aromatic rings. The van der Waals surface area contributed by atoms with Crippen molar-refractivity contribution in [2.45, 2.75) is 0 Å². The first-order valence-corrected chi connectivity index (χ1v) is 3.57. The summed E-state index contributed by atoms with van der Waals surface area (Å²) in [5, 5.41) is 2.34. The minimum absolute atomic E-state index is 0. The van der Waals surface area contributed by atoms with Crippen LogP contribution in [0.5, 0.6) is 0 Å². The van der Waals surface area contributed by atoms with Crippen LogP contribution in [0.2, 0.25) is 0 Å². The zero-order chi connectivity index (χ0) is 7.68. The summed E-state index contributed by atoms with van der Waals surface area (Å²) in [5.41, 5.74) is 7.95. The van der Waals surface area contributed by atoms with E-state index < -0.39 is 0 Å². The van der Waals surface area contributed by atoms with Crippen LogP contribution in [-0.4, -0.2) is 46.1 Å². The van der Waals surface area contributed by atoms with E-state index in [1.54, 1.807) is 0 Å². The van der Waals surface area contributed by atoms with Gasteiger partial charge in [-0.3, -0.25) is 0 Å². The first kappa shape index (κ1) is 21.3. The number of halogens is 2. The molecule has 0 saturated heterocycles. The molecule has 0 radical (unpaired) electrons. The maximum atomic E-state index is 7.38. The topological polar surface area (TPSA) is 23.8 Å². The molecule has 0 aliphatic carbocycles. The molecule has 1 N–H and O–H groups in total. The molecular weight excluding hydrogens is 343 g/mol. The van der Waals surface area contributed by atoms with Crippen LogP contribution in [0.4, 0.5) is 5.69 Å². The van der Waals surface area contributed by atoms with Crippen molar-refractivity contribution >= 4 is 62.6 Å². The van der Waals surface area contributed by atoms with Crippen molar-refractivity contribution in [2.75, 3.05) is 0 Å². The molecular formula is C10H8Br2Mg2N+. The first-order valence-electron chi connectivity index (χ1n) is 3.57. The number of hydrogen-bond donors (Lipinski definition) is 0. The maximum absolute atomic E-state index is 7.38. The molecule has 0 atom stereocenters. The van der Waals surface area contributed by atoms with Crippen LogP contribution in [0.1, 0.15) is 0 Å². The minimum Gasteiger partial charge on any atom is -1.00 e. The van der Waals surface area contributed by atoms with Crippen LogP contribution >= 0.6 is 0 Å². The molecule has 0 unspecified atom stereocenters. The van der Waals surface area contributed by atoms with E-state index in [-0.39, 0.29) is 80.1 Å². The van der Waals surface area contributed by atoms with E-state index in [1.165, 1.54) is 5.39 Å². The van der Waals surface area contributed by atoms with Crippen molar-refractivity contribution in [3.63, 3.8) is 0 Å². The van der Waals surface area contributed by atoms with E-state index in [9.17, 15) is 0 Å². The number of hydrogen-bond acceptors (Lipinski definition) is 0. The quantitative estimate of drug-likeness (QED) is 0.446. The second-order valence-electron chi connectivity index (χ2n) is 2.56. The third kappa shape index (κ3) is 5.74. The van der Waals surface area contributed by atoms with Gasteiger partial charge in [-0.2, -0.15) is 0 Å². The predicted octanol–water partition coefficient (Wildman–Crippen LogP) is -3.23. The SMILES string of the molecule is [Br-].[Br-].[Mg+2].[Mg+2].[NH-]c1ccc2ccccc2c1. The second kappa shape index (κ2) is 10.2. The molecule has 2 aromatic carbocycles. The number of benzene rings is 2. The fraction of sp³-hybridized carbons (Fsp3) is 0. The Balaban J connectivity index is -0.000000360. The number of rotatable bonds is 0. The molecule has 0 aliphatic rings. The molecule has 2 rings (SSSR count). The van der Waals surface area contributed by atoms with Gasteiger partial charge >= 0.3 is 46.1 Å². The summed E-state index contributed by atoms with van der Waals surface area (Å²) in [6.07, 6.45) is 0. The Labute approximate surface area is 143 Å². The summed E-state index contributed by atoms with van der Waals surface area (Å²) in [6.45, 7) is 0. The van der Waals surface area contributed by atoms with Gasteiger partial charge < -0.3 is 39.7 Å². The van der Waals surface area contributed by atoms with Gasteiger partial charge in [-0.25, -0.2) is 0 Å². The van der Waals surface area contributed by atoms with Crippen molar-refractivity contribution < 1.29 is 34.0 Å². The van der Waals surface area contributed by atoms with Gasteiger partial charge in [0.1, 0.15) is 0 Å². The zero-order valence-electron chi connectivity index (χ0n) is 8.21. The second-order valence-corrected chi connectivity index (χ2v) is 2.56. The van der Waals surface area contributed by atoms with E-state index in [0.717, 1.165) is 5.39 Å². The van der Waals surface area contributed by atoms with Gasteiger partial charge in [-0.05, 0) is 10.8 Å². The average molecular weight is 351 g/mol. The monoisotopic (exact) mass is 348 g/mol. The summed E-state index contributed by atoms with van der Waals surface area (Å²) < 4.78 is 0. The summed E-state index contributed by atoms with van der Waals surface area (Å²) in [5.74, 6) is 0. The van der Waals surface area contributed by atoms with E-state index in [4.69, 9.17) is 5.73 Å². The predicted molar refractivity (Wildman–Crippen MR) is 59.4 cm³/mol. The van der Waals surface area contributed by atoms with E-state index >= 15 is 0 Å². The molecule has 0 fully saturated rings. The Morgan fingerprint density at radius 1 is 0.733 bits per heavy atom. The van der Waals surface area contributed by atoms with E-state index in [0.29, 0.717) is 5.69 Å². The van der Waals surface area contributed by atoms with Crippen molar-refractivity contribution in [3.05, 3.63) is 48.2 Å². The van der Waals surface area contributed by atoms with Crippen molar-refractivity contribution in [3.8, 4) is 0 Å². The van der Waals surface area contributed by atoms with Crippen LogP contribution in [-0.2, 0) is 0 Å². The fourth-order valence-corrected chi connectivity index (χ4v) is 1.19. The third-order valence-electron chi connectivity index (χ3n) is 1.75. The van der Waals surface area contributed by atoms with Crippen LogP contribution in [0.3, 0.4) is 0 Å². The Kier molecular flexibility index (Phi) is 14.4. The molecule has 0 spiro atoms. The molecule has 15 heavy (non-hydrogen) atoms. The standard InChI is InChI=1S/C10H8N.2BrH.2Mg/c11-10-6-5-8-3-1-2-4-9(8)7-10;;;;/h1-7,11H;2*1H;;/q-1;;;2*+2/p-2. The Morgan fingerprint density at radius 3 is 1.87 bits per heavy atom. The fourth-order valence-electron chi connectivity index (χ4n) is 1.19. The summed E-state index contributed by atoms with van der Waals surface area (Å²) in [7, 11) is 0. The molecule has 0 bridgehead atoms. The molecule has 5 heteroatoms. The smallest absolute Gasteiger partial charge is 1.00 e. The Morgan fingerprint density at radius 2 is 1.27 bits per heavy atom. The summed E-state index contributed by atoms with van der Waals surface area (Å²) in [4.78, 5) is 0. The van der Waals surface area contributed by atoms with E-state index in [1.807, 2.05) is 36.4 Å². The summed E-state index contributed by atoms with van der Waals surface area (Å²) >= 11 is 0. The van der Waals surface area contributed by atoms with Gasteiger partial charge in [0.15, 0.2) is 0 Å². The molecule has 70 valence electrons. The number of nitrogens with one attached hydrogen (secondary N) is 1. The maximum Gasteiger partial charge on any atom is 2.00 e. The van der Waals surface area contributed by atoms with Crippen LogP contribution in [0.15, 0.2) is 42.5 Å². The third-order valence-corrected chi connectivity index (χ3v) is 1.75. The van der Waals surface area contributed by atoms with Gasteiger partial charge in [-0.1, -0.05) is 42.5 Å². The zero-order valence-corrected chi connectivity index (χ0v) is 14.2. The van der Waals surface area contributed by atoms with Gasteiger partial charge in [0.25, 0.3) is 0 Å². The van der Waals surface area contributed by atoms with Crippen molar-refractivity contribution in [1.29, 1.82) is 0 Å². The average Bonchev–Trinajstić information content (AvgIpc) is 2.04. The molecule has 0 heterocycles. The largest absolute Gasteiger partial charge is 2.00 e. The first-order chi connectivity index (χ1) is 5.36. The van der Waals surface area contributed by atoms with Crippen molar-refractivity contribution in [2.24, 2.45) is 0 Å². The summed E-state index contributed by atoms with van der Waals surface area (Å²) in [6, 6.07) is 13.7. The Hall–Kier alpha value is 0.992. The van der Waals surface area contributed by atoms with Crippen molar-refractivity contribution in [1.82, 2.24) is 0 Å². The van der Waals surface area contributed by atoms with Gasteiger partial charge in [0, 0.05) is 0 Å². The van der Waals surface area contributed by atoms with Crippen LogP contribution < -0.4 is 34.0 Å².